The number of hydrogen-bond acceptors (Lipinski definition) is 4. The maximum absolute atomic E-state index is 12.4. The molecule has 0 spiro atoms. The Morgan fingerprint density at radius 1 is 1.14 bits per heavy atom. The Kier molecular flexibility index (Phi) is 5.54. The Morgan fingerprint density at radius 3 is 2.46 bits per heavy atom. The van der Waals surface area contributed by atoms with Crippen molar-refractivity contribution in [2.45, 2.75) is 27.2 Å². The zero-order valence-electron chi connectivity index (χ0n) is 16.1. The molecule has 7 nitrogen and oxygen atoms in total. The van der Waals surface area contributed by atoms with E-state index in [2.05, 4.69) is 10.4 Å². The van der Waals surface area contributed by atoms with Crippen molar-refractivity contribution in [1.82, 2.24) is 15.1 Å². The van der Waals surface area contributed by atoms with Gasteiger partial charge in [-0.1, -0.05) is 24.3 Å². The van der Waals surface area contributed by atoms with Gasteiger partial charge in [0.2, 0.25) is 0 Å². The van der Waals surface area contributed by atoms with Crippen molar-refractivity contribution >= 4 is 11.6 Å². The Labute approximate surface area is 163 Å². The summed E-state index contributed by atoms with van der Waals surface area (Å²) < 4.78 is 1.89. The molecule has 0 aliphatic carbocycles. The van der Waals surface area contributed by atoms with Gasteiger partial charge in [-0.2, -0.15) is 5.10 Å². The van der Waals surface area contributed by atoms with E-state index in [1.165, 1.54) is 6.07 Å². The summed E-state index contributed by atoms with van der Waals surface area (Å²) >= 11 is 0. The monoisotopic (exact) mass is 378 g/mol. The lowest BCUT2D eigenvalue weighted by Crippen LogP contribution is -2.26. The summed E-state index contributed by atoms with van der Waals surface area (Å²) in [6.07, 6.45) is 0.628. The minimum Gasteiger partial charge on any atom is -0.351 e. The van der Waals surface area contributed by atoms with Crippen molar-refractivity contribution in [1.29, 1.82) is 0 Å². The number of benzene rings is 2. The second-order valence-corrected chi connectivity index (χ2v) is 6.74. The smallest absolute Gasteiger partial charge is 0.285 e. The number of rotatable bonds is 6. The molecule has 1 amide bonds. The number of carbonyl (C=O) groups is 1. The van der Waals surface area contributed by atoms with Gasteiger partial charge < -0.3 is 5.32 Å². The summed E-state index contributed by atoms with van der Waals surface area (Å²) in [6.45, 7) is 5.98. The van der Waals surface area contributed by atoms with Gasteiger partial charge in [0.05, 0.1) is 16.3 Å². The predicted octanol–water partition coefficient (Wildman–Crippen LogP) is 3.68. The van der Waals surface area contributed by atoms with Crippen LogP contribution >= 0.6 is 0 Å². The van der Waals surface area contributed by atoms with Gasteiger partial charge in [-0.05, 0) is 57.0 Å². The standard InChI is InChI=1S/C21H22N4O3/c1-14-5-4-6-19(20(14)25(27)28)21(26)22-12-11-17-7-9-18(10-8-17)24-16(3)13-15(2)23-24/h4-10,13H,11-12H2,1-3H3,(H,22,26). The van der Waals surface area contributed by atoms with Crippen molar-refractivity contribution in [3.05, 3.63) is 86.7 Å². The fourth-order valence-electron chi connectivity index (χ4n) is 3.19. The van der Waals surface area contributed by atoms with Gasteiger partial charge in [-0.3, -0.25) is 14.9 Å². The summed E-state index contributed by atoms with van der Waals surface area (Å²) in [5.74, 6) is -0.435. The fourth-order valence-corrected chi connectivity index (χ4v) is 3.19. The third-order valence-electron chi connectivity index (χ3n) is 4.55. The number of nitrogens with one attached hydrogen (secondary N) is 1. The molecule has 0 saturated carbocycles. The summed E-state index contributed by atoms with van der Waals surface area (Å²) in [5, 5.41) is 18.5. The molecule has 7 heteroatoms. The second-order valence-electron chi connectivity index (χ2n) is 6.74. The lowest BCUT2D eigenvalue weighted by Gasteiger charge is -2.08. The summed E-state index contributed by atoms with van der Waals surface area (Å²) in [7, 11) is 0. The largest absolute Gasteiger partial charge is 0.351 e. The number of carbonyl (C=O) groups excluding carboxylic acids is 1. The van der Waals surface area contributed by atoms with Gasteiger partial charge >= 0.3 is 0 Å². The van der Waals surface area contributed by atoms with Gasteiger partial charge in [0.25, 0.3) is 11.6 Å². The summed E-state index contributed by atoms with van der Waals surface area (Å²) in [5.41, 5.74) is 4.49. The molecule has 0 aliphatic rings. The van der Waals surface area contributed by atoms with E-state index in [4.69, 9.17) is 0 Å². The average molecular weight is 378 g/mol. The molecular formula is C21H22N4O3. The van der Waals surface area contributed by atoms with Crippen LogP contribution in [0, 0.1) is 30.9 Å². The van der Waals surface area contributed by atoms with Gasteiger partial charge in [0.1, 0.15) is 5.56 Å². The first-order chi connectivity index (χ1) is 13.4. The molecule has 0 fully saturated rings. The van der Waals surface area contributed by atoms with Crippen LogP contribution in [0.3, 0.4) is 0 Å². The van der Waals surface area contributed by atoms with E-state index in [0.717, 1.165) is 22.6 Å². The number of aromatic nitrogens is 2. The lowest BCUT2D eigenvalue weighted by molar-refractivity contribution is -0.385. The van der Waals surface area contributed by atoms with Crippen molar-refractivity contribution in [2.24, 2.45) is 0 Å². The van der Waals surface area contributed by atoms with E-state index in [9.17, 15) is 14.9 Å². The molecule has 0 radical (unpaired) electrons. The van der Waals surface area contributed by atoms with E-state index < -0.39 is 10.8 Å². The highest BCUT2D eigenvalue weighted by atomic mass is 16.6. The molecular weight excluding hydrogens is 356 g/mol. The molecule has 2 aromatic carbocycles. The quantitative estimate of drug-likeness (QED) is 0.523. The zero-order chi connectivity index (χ0) is 20.3. The topological polar surface area (TPSA) is 90.1 Å². The predicted molar refractivity (Wildman–Crippen MR) is 107 cm³/mol. The van der Waals surface area contributed by atoms with Gasteiger partial charge in [-0.15, -0.1) is 0 Å². The molecule has 1 aromatic heterocycles. The third-order valence-corrected chi connectivity index (χ3v) is 4.55. The lowest BCUT2D eigenvalue weighted by atomic mass is 10.1. The van der Waals surface area contributed by atoms with Gasteiger partial charge in [0, 0.05) is 17.8 Å². The van der Waals surface area contributed by atoms with Crippen LogP contribution in [0.15, 0.2) is 48.5 Å². The molecule has 0 saturated heterocycles. The van der Waals surface area contributed by atoms with E-state index in [0.29, 0.717) is 18.5 Å². The van der Waals surface area contributed by atoms with Crippen LogP contribution in [0.2, 0.25) is 0 Å². The van der Waals surface area contributed by atoms with Crippen LogP contribution in [-0.2, 0) is 6.42 Å². The van der Waals surface area contributed by atoms with Crippen LogP contribution in [0.25, 0.3) is 5.69 Å². The number of aryl methyl sites for hydroxylation is 3. The molecule has 1 N–H and O–H groups in total. The number of hydrogen-bond donors (Lipinski definition) is 1. The molecule has 0 unspecified atom stereocenters. The molecule has 0 atom stereocenters. The first-order valence-corrected chi connectivity index (χ1v) is 9.01. The van der Waals surface area contributed by atoms with E-state index in [1.807, 2.05) is 48.9 Å². The third kappa shape index (κ3) is 4.09. The number of nitrogens with zero attached hydrogens (tertiary/aromatic N) is 3. The van der Waals surface area contributed by atoms with Gasteiger partial charge in [-0.25, -0.2) is 4.68 Å². The highest BCUT2D eigenvalue weighted by Crippen LogP contribution is 2.22. The van der Waals surface area contributed by atoms with Crippen LogP contribution in [-0.4, -0.2) is 27.2 Å². The summed E-state index contributed by atoms with van der Waals surface area (Å²) in [4.78, 5) is 23.1. The van der Waals surface area contributed by atoms with E-state index >= 15 is 0 Å². The first-order valence-electron chi connectivity index (χ1n) is 9.01. The van der Waals surface area contributed by atoms with Crippen LogP contribution in [0.5, 0.6) is 0 Å². The van der Waals surface area contributed by atoms with Crippen molar-refractivity contribution in [3.63, 3.8) is 0 Å². The highest BCUT2D eigenvalue weighted by molar-refractivity contribution is 5.98. The van der Waals surface area contributed by atoms with E-state index in [-0.39, 0.29) is 11.3 Å². The molecule has 144 valence electrons. The van der Waals surface area contributed by atoms with Crippen LogP contribution in [0.1, 0.15) is 32.9 Å². The zero-order valence-corrected chi connectivity index (χ0v) is 16.1. The normalized spacial score (nSPS) is 10.7. The Balaban J connectivity index is 1.63. The molecule has 3 aromatic rings. The van der Waals surface area contributed by atoms with Crippen molar-refractivity contribution < 1.29 is 9.72 Å². The molecule has 0 bridgehead atoms. The maximum Gasteiger partial charge on any atom is 0.285 e. The number of nitro benzene ring substituents is 1. The van der Waals surface area contributed by atoms with Crippen molar-refractivity contribution in [3.8, 4) is 5.69 Å². The summed E-state index contributed by atoms with van der Waals surface area (Å²) in [6, 6.07) is 14.7. The molecule has 28 heavy (non-hydrogen) atoms. The minimum atomic E-state index is -0.512. The fraction of sp³-hybridized carbons (Fsp3) is 0.238. The Morgan fingerprint density at radius 2 is 1.86 bits per heavy atom. The Bertz CT molecular complexity index is 1020. The van der Waals surface area contributed by atoms with Crippen LogP contribution < -0.4 is 5.32 Å². The SMILES string of the molecule is Cc1cc(C)n(-c2ccc(CCNC(=O)c3cccc(C)c3[N+](=O)[O-])cc2)n1. The average Bonchev–Trinajstić information content (AvgIpc) is 2.99. The maximum atomic E-state index is 12.4. The number of para-hydroxylation sites is 1. The Hall–Kier alpha value is -3.48. The molecule has 0 aliphatic heterocycles. The van der Waals surface area contributed by atoms with Gasteiger partial charge in [0.15, 0.2) is 0 Å². The van der Waals surface area contributed by atoms with Crippen molar-refractivity contribution in [2.75, 3.05) is 6.54 Å². The number of amides is 1. The molecule has 3 rings (SSSR count). The van der Waals surface area contributed by atoms with E-state index in [1.54, 1.807) is 19.1 Å². The second kappa shape index (κ2) is 8.04. The molecule has 1 heterocycles. The minimum absolute atomic E-state index is 0.0878. The number of nitro groups is 1. The highest BCUT2D eigenvalue weighted by Gasteiger charge is 2.21. The van der Waals surface area contributed by atoms with Crippen LogP contribution in [0.4, 0.5) is 5.69 Å². The first kappa shape index (κ1) is 19.3.